The van der Waals surface area contributed by atoms with Crippen molar-refractivity contribution in [3.63, 3.8) is 0 Å². The number of hydrogen-bond donors (Lipinski definition) is 2. The topological polar surface area (TPSA) is 105 Å². The molecule has 0 saturated carbocycles. The minimum absolute atomic E-state index is 0.0232. The van der Waals surface area contributed by atoms with E-state index in [0.29, 0.717) is 11.4 Å². The van der Waals surface area contributed by atoms with Crippen LogP contribution in [0.5, 0.6) is 0 Å². The number of rotatable bonds is 6. The van der Waals surface area contributed by atoms with Gasteiger partial charge in [0, 0.05) is 11.8 Å². The minimum Gasteiger partial charge on any atom is -0.309 e. The van der Waals surface area contributed by atoms with Crippen LogP contribution in [0.25, 0.3) is 0 Å². The molecular formula is C16H17N3O4S. The molecule has 0 saturated heterocycles. The lowest BCUT2D eigenvalue weighted by Crippen LogP contribution is -2.41. The Kier molecular flexibility index (Phi) is 5.42. The second-order valence-electron chi connectivity index (χ2n) is 5.13. The Morgan fingerprint density at radius 1 is 1.08 bits per heavy atom. The van der Waals surface area contributed by atoms with Crippen molar-refractivity contribution in [3.05, 3.63) is 54.2 Å². The summed E-state index contributed by atoms with van der Waals surface area (Å²) in [4.78, 5) is 27.2. The van der Waals surface area contributed by atoms with Crippen LogP contribution >= 0.6 is 0 Å². The number of nitrogens with one attached hydrogen (secondary N) is 2. The molecule has 0 aliphatic rings. The highest BCUT2D eigenvalue weighted by Crippen LogP contribution is 2.12. The standard InChI is InChI=1S/C16H17N3O4S/c1-11(16(21)18-15-5-3-4-10-17-15)19-24(22,23)14-8-6-13(7-9-14)12(2)20/h3-11,19H,1-2H3,(H,17,18,21)/t11-/m0/s1. The molecule has 1 aromatic carbocycles. The van der Waals surface area contributed by atoms with E-state index in [1.54, 1.807) is 18.2 Å². The molecule has 2 aromatic rings. The zero-order chi connectivity index (χ0) is 17.7. The van der Waals surface area contributed by atoms with Crippen molar-refractivity contribution >= 4 is 27.5 Å². The van der Waals surface area contributed by atoms with Crippen molar-refractivity contribution in [2.24, 2.45) is 0 Å². The highest BCUT2D eigenvalue weighted by atomic mass is 32.2. The van der Waals surface area contributed by atoms with Crippen molar-refractivity contribution < 1.29 is 18.0 Å². The van der Waals surface area contributed by atoms with Gasteiger partial charge < -0.3 is 5.32 Å². The van der Waals surface area contributed by atoms with Gasteiger partial charge in [0.1, 0.15) is 5.82 Å². The van der Waals surface area contributed by atoms with Gasteiger partial charge in [0.05, 0.1) is 10.9 Å². The van der Waals surface area contributed by atoms with Crippen molar-refractivity contribution in [1.82, 2.24) is 9.71 Å². The predicted octanol–water partition coefficient (Wildman–Crippen LogP) is 1.59. The maximum Gasteiger partial charge on any atom is 0.243 e. The van der Waals surface area contributed by atoms with Crippen LogP contribution in [0.1, 0.15) is 24.2 Å². The lowest BCUT2D eigenvalue weighted by Gasteiger charge is -2.14. The number of hydrogen-bond acceptors (Lipinski definition) is 5. The Balaban J connectivity index is 2.07. The lowest BCUT2D eigenvalue weighted by atomic mass is 10.2. The summed E-state index contributed by atoms with van der Waals surface area (Å²) >= 11 is 0. The molecule has 1 amide bonds. The first kappa shape index (κ1) is 17.8. The zero-order valence-electron chi connectivity index (χ0n) is 13.2. The SMILES string of the molecule is CC(=O)c1ccc(S(=O)(=O)N[C@@H](C)C(=O)Nc2ccccn2)cc1. The molecule has 0 radical (unpaired) electrons. The number of benzene rings is 1. The van der Waals surface area contributed by atoms with Crippen molar-refractivity contribution in [1.29, 1.82) is 0 Å². The van der Waals surface area contributed by atoms with E-state index in [9.17, 15) is 18.0 Å². The first-order valence-corrected chi connectivity index (χ1v) is 8.63. The van der Waals surface area contributed by atoms with Crippen LogP contribution in [0.4, 0.5) is 5.82 Å². The van der Waals surface area contributed by atoms with E-state index in [-0.39, 0.29) is 10.7 Å². The second kappa shape index (κ2) is 7.33. The smallest absolute Gasteiger partial charge is 0.243 e. The Morgan fingerprint density at radius 2 is 1.75 bits per heavy atom. The van der Waals surface area contributed by atoms with Crippen LogP contribution in [0, 0.1) is 0 Å². The van der Waals surface area contributed by atoms with Crippen molar-refractivity contribution in [3.8, 4) is 0 Å². The van der Waals surface area contributed by atoms with Crippen LogP contribution in [0.15, 0.2) is 53.6 Å². The van der Waals surface area contributed by atoms with Crippen LogP contribution in [-0.4, -0.2) is 31.1 Å². The van der Waals surface area contributed by atoms with Crippen LogP contribution in [0.3, 0.4) is 0 Å². The lowest BCUT2D eigenvalue weighted by molar-refractivity contribution is -0.117. The Morgan fingerprint density at radius 3 is 2.29 bits per heavy atom. The maximum absolute atomic E-state index is 12.3. The average molecular weight is 347 g/mol. The van der Waals surface area contributed by atoms with Gasteiger partial charge in [-0.05, 0) is 38.1 Å². The number of amides is 1. The number of Topliss-reactive ketones (excluding diaryl/α,β-unsaturated/α-hetero) is 1. The number of carbonyl (C=O) groups is 2. The number of nitrogens with zero attached hydrogens (tertiary/aromatic N) is 1. The molecule has 0 fully saturated rings. The molecule has 0 aliphatic heterocycles. The first-order chi connectivity index (χ1) is 11.3. The summed E-state index contributed by atoms with van der Waals surface area (Å²) in [5.74, 6) is -0.355. The van der Waals surface area contributed by atoms with Gasteiger partial charge in [-0.1, -0.05) is 18.2 Å². The third-order valence-electron chi connectivity index (χ3n) is 3.21. The van der Waals surface area contributed by atoms with Gasteiger partial charge in [0.25, 0.3) is 0 Å². The molecule has 0 spiro atoms. The van der Waals surface area contributed by atoms with Gasteiger partial charge in [-0.3, -0.25) is 9.59 Å². The summed E-state index contributed by atoms with van der Waals surface area (Å²) in [6.07, 6.45) is 1.51. The van der Waals surface area contributed by atoms with Gasteiger partial charge in [0.15, 0.2) is 5.78 Å². The summed E-state index contributed by atoms with van der Waals surface area (Å²) in [6.45, 7) is 2.82. The quantitative estimate of drug-likeness (QED) is 0.772. The summed E-state index contributed by atoms with van der Waals surface area (Å²) in [7, 11) is -3.88. The molecule has 2 rings (SSSR count). The van der Waals surface area contributed by atoms with E-state index in [2.05, 4.69) is 15.0 Å². The number of sulfonamides is 1. The van der Waals surface area contributed by atoms with Gasteiger partial charge in [-0.25, -0.2) is 13.4 Å². The predicted molar refractivity (Wildman–Crippen MR) is 89.1 cm³/mol. The molecule has 1 atom stereocenters. The molecule has 7 nitrogen and oxygen atoms in total. The van der Waals surface area contributed by atoms with E-state index in [1.807, 2.05) is 0 Å². The van der Waals surface area contributed by atoms with E-state index in [0.717, 1.165) is 0 Å². The van der Waals surface area contributed by atoms with E-state index in [4.69, 9.17) is 0 Å². The number of anilines is 1. The fourth-order valence-electron chi connectivity index (χ4n) is 1.89. The largest absolute Gasteiger partial charge is 0.309 e. The Bertz CT molecular complexity index is 833. The Labute approximate surface area is 140 Å². The second-order valence-corrected chi connectivity index (χ2v) is 6.84. The maximum atomic E-state index is 12.3. The molecule has 8 heteroatoms. The molecule has 24 heavy (non-hydrogen) atoms. The fraction of sp³-hybridized carbons (Fsp3) is 0.188. The van der Waals surface area contributed by atoms with Crippen molar-refractivity contribution in [2.75, 3.05) is 5.32 Å². The molecular weight excluding hydrogens is 330 g/mol. The highest BCUT2D eigenvalue weighted by molar-refractivity contribution is 7.89. The fourth-order valence-corrected chi connectivity index (χ4v) is 3.10. The van der Waals surface area contributed by atoms with E-state index >= 15 is 0 Å². The first-order valence-electron chi connectivity index (χ1n) is 7.15. The van der Waals surface area contributed by atoms with Gasteiger partial charge in [-0.15, -0.1) is 0 Å². The van der Waals surface area contributed by atoms with E-state index < -0.39 is 22.0 Å². The third-order valence-corrected chi connectivity index (χ3v) is 4.77. The normalized spacial score (nSPS) is 12.4. The van der Waals surface area contributed by atoms with Crippen molar-refractivity contribution in [2.45, 2.75) is 24.8 Å². The molecule has 0 bridgehead atoms. The van der Waals surface area contributed by atoms with Crippen LogP contribution < -0.4 is 10.0 Å². The summed E-state index contributed by atoms with van der Waals surface area (Å²) < 4.78 is 26.9. The molecule has 2 N–H and O–H groups in total. The summed E-state index contributed by atoms with van der Waals surface area (Å²) in [5, 5.41) is 2.52. The van der Waals surface area contributed by atoms with Gasteiger partial charge in [-0.2, -0.15) is 4.72 Å². The minimum atomic E-state index is -3.88. The molecule has 126 valence electrons. The van der Waals surface area contributed by atoms with Crippen LogP contribution in [0.2, 0.25) is 0 Å². The summed E-state index contributed by atoms with van der Waals surface area (Å²) in [5.41, 5.74) is 0.412. The number of ketones is 1. The Hall–Kier alpha value is -2.58. The number of carbonyl (C=O) groups excluding carboxylic acids is 2. The van der Waals surface area contributed by atoms with Gasteiger partial charge >= 0.3 is 0 Å². The third kappa shape index (κ3) is 4.46. The highest BCUT2D eigenvalue weighted by Gasteiger charge is 2.22. The monoisotopic (exact) mass is 347 g/mol. The molecule has 1 aromatic heterocycles. The molecule has 0 aliphatic carbocycles. The molecule has 0 unspecified atom stereocenters. The van der Waals surface area contributed by atoms with Gasteiger partial charge in [0.2, 0.25) is 15.9 Å². The average Bonchev–Trinajstić information content (AvgIpc) is 2.55. The molecule has 1 heterocycles. The summed E-state index contributed by atoms with van der Waals surface area (Å²) in [6, 6.07) is 9.50. The number of aromatic nitrogens is 1. The zero-order valence-corrected chi connectivity index (χ0v) is 14.0. The number of pyridine rings is 1. The van der Waals surface area contributed by atoms with E-state index in [1.165, 1.54) is 44.3 Å². The van der Waals surface area contributed by atoms with Crippen LogP contribution in [-0.2, 0) is 14.8 Å².